The number of hydrazine groups is 2. The smallest absolute Gasteiger partial charge is 0.375 e. The van der Waals surface area contributed by atoms with Crippen molar-refractivity contribution in [2.75, 3.05) is 0 Å². The summed E-state index contributed by atoms with van der Waals surface area (Å²) in [6, 6.07) is 0. The van der Waals surface area contributed by atoms with Gasteiger partial charge in [-0.3, -0.25) is 0 Å². The summed E-state index contributed by atoms with van der Waals surface area (Å²) in [5, 5.41) is 27.5. The van der Waals surface area contributed by atoms with Crippen molar-refractivity contribution in [1.29, 1.82) is 0 Å². The van der Waals surface area contributed by atoms with E-state index in [1.807, 2.05) is 10.9 Å². The van der Waals surface area contributed by atoms with Crippen LogP contribution >= 0.6 is 24.4 Å². The van der Waals surface area contributed by atoms with E-state index >= 15 is 0 Å². The van der Waals surface area contributed by atoms with Gasteiger partial charge in [-0.2, -0.15) is 0 Å². The zero-order chi connectivity index (χ0) is 15.7. The van der Waals surface area contributed by atoms with Gasteiger partial charge in [0.25, 0.3) is 10.2 Å². The van der Waals surface area contributed by atoms with Crippen LogP contribution in [0, 0.1) is 20.2 Å². The number of nitrogens with two attached hydrogens (primary N) is 4. The van der Waals surface area contributed by atoms with Crippen molar-refractivity contribution in [2.24, 2.45) is 23.2 Å². The first-order valence-electron chi connectivity index (χ1n) is 3.19. The fourth-order valence-electron chi connectivity index (χ4n) is 0. The molecule has 0 aliphatic carbocycles. The fraction of sp³-hybridized carbons (Fsp3) is 0. The van der Waals surface area contributed by atoms with Crippen molar-refractivity contribution in [2.45, 2.75) is 0 Å². The summed E-state index contributed by atoms with van der Waals surface area (Å²) in [5.41, 5.74) is 13.6. The summed E-state index contributed by atoms with van der Waals surface area (Å²) in [6.07, 6.45) is 0. The first kappa shape index (κ1) is 30.3. The summed E-state index contributed by atoms with van der Waals surface area (Å²) in [4.78, 5) is 16.7. The van der Waals surface area contributed by atoms with E-state index in [9.17, 15) is 0 Å². The third-order valence-electron chi connectivity index (χ3n) is 0.285. The average Bonchev–Trinajstić information content (AvgIpc) is 2.16. The summed E-state index contributed by atoms with van der Waals surface area (Å²) in [5.74, 6) is 9.31. The molecule has 0 unspecified atom stereocenters. The van der Waals surface area contributed by atoms with E-state index in [1.54, 1.807) is 0 Å². The predicted molar refractivity (Wildman–Crippen MR) is 65.8 cm³/mol. The molecule has 0 atom stereocenters. The molecule has 17 heteroatoms. The topological polar surface area (TPSA) is 255 Å². The molecule has 14 nitrogen and oxygen atoms in total. The van der Waals surface area contributed by atoms with Crippen molar-refractivity contribution in [3.8, 4) is 0 Å². The summed E-state index contributed by atoms with van der Waals surface area (Å²) < 4.78 is 0. The third-order valence-corrected chi connectivity index (χ3v) is 0.520. The summed E-state index contributed by atoms with van der Waals surface area (Å²) in [7, 11) is 0. The van der Waals surface area contributed by atoms with Gasteiger partial charge in [0.05, 0.1) is 0 Å². The number of nitrogens with one attached hydrogen (secondary N) is 2. The van der Waals surface area contributed by atoms with Crippen LogP contribution in [-0.2, 0) is 16.8 Å². The van der Waals surface area contributed by atoms with Gasteiger partial charge in [-0.25, -0.2) is 11.7 Å². The van der Waals surface area contributed by atoms with Gasteiger partial charge in [0.15, 0.2) is 10.2 Å². The molecule has 0 fully saturated rings. The Morgan fingerprint density at radius 3 is 1.00 bits per heavy atom. The van der Waals surface area contributed by atoms with Crippen molar-refractivity contribution < 1.29 is 37.4 Å². The van der Waals surface area contributed by atoms with Gasteiger partial charge in [0.2, 0.25) is 0 Å². The van der Waals surface area contributed by atoms with Gasteiger partial charge in [-0.1, -0.05) is 0 Å². The van der Waals surface area contributed by atoms with Crippen molar-refractivity contribution >= 4 is 34.7 Å². The van der Waals surface area contributed by atoms with Gasteiger partial charge < -0.3 is 32.7 Å². The van der Waals surface area contributed by atoms with Crippen molar-refractivity contribution in [3.63, 3.8) is 0 Å². The van der Waals surface area contributed by atoms with E-state index < -0.39 is 10.2 Å². The third kappa shape index (κ3) is 672. The van der Waals surface area contributed by atoms with E-state index in [-0.39, 0.29) is 27.0 Å². The van der Waals surface area contributed by atoms with Crippen molar-refractivity contribution in [3.05, 3.63) is 20.2 Å². The maximum absolute atomic E-state index is 8.36. The quantitative estimate of drug-likeness (QED) is 0.0902. The molecule has 0 aliphatic heterocycles. The molecule has 115 valence electrons. The van der Waals surface area contributed by atoms with E-state index in [0.717, 1.165) is 0 Å². The Morgan fingerprint density at radius 2 is 1.00 bits per heavy atom. The van der Waals surface area contributed by atoms with Crippen LogP contribution < -0.4 is 34.0 Å². The first-order valence-corrected chi connectivity index (χ1v) is 4.01. The van der Waals surface area contributed by atoms with E-state index in [1.165, 1.54) is 0 Å². The Hall–Kier alpha value is -1.79. The second-order valence-corrected chi connectivity index (χ2v) is 2.37. The Balaban J connectivity index is -0.0000000453. The molecule has 0 amide bonds. The molecule has 0 aromatic carbocycles. The monoisotopic (exact) mass is 367 g/mol. The van der Waals surface area contributed by atoms with E-state index in [2.05, 4.69) is 36.1 Å². The second kappa shape index (κ2) is 25.2. The van der Waals surface area contributed by atoms with Gasteiger partial charge >= 0.3 is 16.8 Å². The maximum Gasteiger partial charge on any atom is 2.00 e. The molecule has 0 saturated carbocycles. The molecule has 19 heavy (non-hydrogen) atoms. The van der Waals surface area contributed by atoms with Gasteiger partial charge in [0, 0.05) is 0 Å². The van der Waals surface area contributed by atoms with Crippen LogP contribution in [-0.4, -0.2) is 30.8 Å². The predicted octanol–water partition coefficient (Wildman–Crippen LogP) is -3.31. The van der Waals surface area contributed by atoms with Gasteiger partial charge in [-0.15, -0.1) is 20.2 Å². The van der Waals surface area contributed by atoms with Crippen LogP contribution in [0.5, 0.6) is 0 Å². The fourth-order valence-corrected chi connectivity index (χ4v) is 0. The number of hydrogen-bond acceptors (Lipinski definition) is 8. The van der Waals surface area contributed by atoms with Gasteiger partial charge in [-0.05, 0) is 24.4 Å². The minimum atomic E-state index is -1.50. The zero-order valence-corrected chi connectivity index (χ0v) is 11.6. The minimum Gasteiger partial charge on any atom is -0.375 e. The Labute approximate surface area is 126 Å². The largest absolute Gasteiger partial charge is 2.00 e. The van der Waals surface area contributed by atoms with Crippen LogP contribution in [0.25, 0.3) is 0 Å². The average molecular weight is 367 g/mol. The van der Waals surface area contributed by atoms with E-state index in [0.29, 0.717) is 0 Å². The number of hydrogen-bond donors (Lipinski definition) is 8. The van der Waals surface area contributed by atoms with E-state index in [4.69, 9.17) is 42.1 Å². The second-order valence-electron chi connectivity index (χ2n) is 1.49. The molecule has 0 bridgehead atoms. The maximum atomic E-state index is 8.36. The molecular weight excluding hydrogens is 355 g/mol. The molecule has 0 aliphatic rings. The SMILES string of the molecule is NNC(N)=S.NNC(N)=S.O=[N+]([O-])O.O=[N+]([O-])O.[Co+2]. The first-order chi connectivity index (χ1) is 8.00. The van der Waals surface area contributed by atoms with Crippen molar-refractivity contribution in [1.82, 2.24) is 10.9 Å². The Morgan fingerprint density at radius 1 is 0.947 bits per heavy atom. The normalized spacial score (nSPS) is 6.00. The molecular formula is C2H12CoN8O6S2+2. The van der Waals surface area contributed by atoms with Crippen LogP contribution in [0.1, 0.15) is 0 Å². The summed E-state index contributed by atoms with van der Waals surface area (Å²) in [6.45, 7) is 0. The summed E-state index contributed by atoms with van der Waals surface area (Å²) >= 11 is 8.48. The standard InChI is InChI=1S/2CH5N3S.Co.2HNO3/c2*2-1(5)4-3;;2*2-1(3)4/h2*3H2,(H3,2,4,5);;2*(H,2,3,4)/q;;+2;;. The molecule has 0 aromatic heterocycles. The number of thiocarbonyl (C=S) groups is 2. The Bertz CT molecular complexity index is 232. The van der Waals surface area contributed by atoms with Crippen LogP contribution in [0.15, 0.2) is 0 Å². The van der Waals surface area contributed by atoms with Crippen LogP contribution in [0.3, 0.4) is 0 Å². The molecule has 0 spiro atoms. The van der Waals surface area contributed by atoms with Crippen LogP contribution in [0.2, 0.25) is 0 Å². The number of nitrogens with zero attached hydrogens (tertiary/aromatic N) is 2. The molecule has 0 aromatic rings. The zero-order valence-electron chi connectivity index (χ0n) is 8.88. The Kier molecular flexibility index (Phi) is 40.2. The minimum absolute atomic E-state index is 0. The molecule has 0 rings (SSSR count). The molecule has 0 saturated heterocycles. The molecule has 12 N–H and O–H groups in total. The number of rotatable bonds is 0. The van der Waals surface area contributed by atoms with Gasteiger partial charge in [0.1, 0.15) is 0 Å². The van der Waals surface area contributed by atoms with Crippen LogP contribution in [0.4, 0.5) is 0 Å². The molecule has 0 heterocycles. The molecule has 1 radical (unpaired) electrons.